The number of rotatable bonds is 2. The molecule has 2 aromatic rings. The van der Waals surface area contributed by atoms with Crippen molar-refractivity contribution in [2.75, 3.05) is 0 Å². The average molecular weight is 240 g/mol. The van der Waals surface area contributed by atoms with Gasteiger partial charge in [0.25, 0.3) is 0 Å². The summed E-state index contributed by atoms with van der Waals surface area (Å²) in [6.07, 6.45) is 1.40. The number of carbonyl (C=O) groups is 1. The Bertz CT molecular complexity index is 562. The van der Waals surface area contributed by atoms with E-state index in [-0.39, 0.29) is 16.6 Å². The third kappa shape index (κ3) is 1.53. The minimum Gasteiger partial charge on any atom is -0.478 e. The van der Waals surface area contributed by atoms with E-state index in [9.17, 15) is 4.79 Å². The Labute approximate surface area is 96.5 Å². The summed E-state index contributed by atoms with van der Waals surface area (Å²) < 4.78 is 0. The summed E-state index contributed by atoms with van der Waals surface area (Å²) in [7, 11) is 0. The van der Waals surface area contributed by atoms with E-state index < -0.39 is 5.97 Å². The Kier molecular flexibility index (Phi) is 2.55. The molecule has 6 heteroatoms. The number of nitrogens with zero attached hydrogens (tertiary/aromatic N) is 2. The molecular weight excluding hydrogens is 230 g/mol. The number of carboxylic acid groups (broad SMARTS) is 1. The molecule has 2 aromatic heterocycles. The lowest BCUT2D eigenvalue weighted by Crippen LogP contribution is -2.00. The number of aromatic carboxylic acids is 1. The van der Waals surface area contributed by atoms with Gasteiger partial charge in [-0.15, -0.1) is 0 Å². The minimum atomic E-state index is -1.08. The number of fused-ring (bicyclic) bond motifs is 1. The van der Waals surface area contributed by atoms with Crippen LogP contribution in [0.2, 0.25) is 5.15 Å². The maximum absolute atomic E-state index is 11.1. The van der Waals surface area contributed by atoms with Crippen LogP contribution in [0.5, 0.6) is 0 Å². The van der Waals surface area contributed by atoms with Crippen LogP contribution < -0.4 is 0 Å². The van der Waals surface area contributed by atoms with Gasteiger partial charge in [0.1, 0.15) is 22.7 Å². The lowest BCUT2D eigenvalue weighted by Gasteiger charge is -2.05. The quantitative estimate of drug-likeness (QED) is 0.844. The van der Waals surface area contributed by atoms with Crippen molar-refractivity contribution < 1.29 is 9.90 Å². The molecule has 0 radical (unpaired) electrons. The van der Waals surface area contributed by atoms with E-state index in [4.69, 9.17) is 16.7 Å². The summed E-state index contributed by atoms with van der Waals surface area (Å²) in [5.74, 6) is -0.969. The predicted molar refractivity (Wildman–Crippen MR) is 59.9 cm³/mol. The number of aromatic amines is 1. The maximum Gasteiger partial charge on any atom is 0.339 e. The first-order chi connectivity index (χ1) is 7.52. The highest BCUT2D eigenvalue weighted by molar-refractivity contribution is 6.34. The van der Waals surface area contributed by atoms with Crippen molar-refractivity contribution >= 4 is 28.6 Å². The Morgan fingerprint density at radius 3 is 2.75 bits per heavy atom. The number of carboxylic acids is 1. The molecule has 0 atom stereocenters. The van der Waals surface area contributed by atoms with Crippen LogP contribution in [0.3, 0.4) is 0 Å². The Balaban J connectivity index is 2.88. The van der Waals surface area contributed by atoms with E-state index in [1.54, 1.807) is 0 Å². The van der Waals surface area contributed by atoms with Crippen molar-refractivity contribution in [1.82, 2.24) is 15.0 Å². The lowest BCUT2D eigenvalue weighted by molar-refractivity contribution is 0.0699. The number of nitrogens with one attached hydrogen (secondary N) is 1. The van der Waals surface area contributed by atoms with E-state index in [1.807, 2.05) is 13.8 Å². The Morgan fingerprint density at radius 2 is 2.19 bits per heavy atom. The van der Waals surface area contributed by atoms with Crippen LogP contribution in [0, 0.1) is 0 Å². The molecule has 0 unspecified atom stereocenters. The number of halogens is 1. The standard InChI is InChI=1S/C10H10ClN3O2/c1-4(2)7-5-6(10(15)16)8(11)14-9(5)13-3-12-7/h3-4H,1-2H3,(H,15,16)(H,12,13,14). The zero-order valence-electron chi connectivity index (χ0n) is 8.78. The lowest BCUT2D eigenvalue weighted by atomic mass is 10.0. The van der Waals surface area contributed by atoms with Gasteiger partial charge in [-0.1, -0.05) is 25.4 Å². The van der Waals surface area contributed by atoms with Crippen LogP contribution in [0.15, 0.2) is 6.33 Å². The summed E-state index contributed by atoms with van der Waals surface area (Å²) in [5.41, 5.74) is 1.19. The third-order valence-corrected chi connectivity index (χ3v) is 2.62. The molecule has 0 amide bonds. The van der Waals surface area contributed by atoms with Crippen LogP contribution in [-0.4, -0.2) is 26.0 Å². The molecule has 0 aliphatic carbocycles. The van der Waals surface area contributed by atoms with E-state index in [1.165, 1.54) is 6.33 Å². The van der Waals surface area contributed by atoms with Gasteiger partial charge in [0.15, 0.2) is 0 Å². The Morgan fingerprint density at radius 1 is 1.50 bits per heavy atom. The first-order valence-electron chi connectivity index (χ1n) is 4.77. The van der Waals surface area contributed by atoms with Gasteiger partial charge in [0.05, 0.1) is 11.1 Å². The topological polar surface area (TPSA) is 78.9 Å². The fraction of sp³-hybridized carbons (Fsp3) is 0.300. The molecule has 0 saturated heterocycles. The van der Waals surface area contributed by atoms with Gasteiger partial charge in [-0.2, -0.15) is 0 Å². The zero-order chi connectivity index (χ0) is 11.9. The third-order valence-electron chi connectivity index (χ3n) is 2.33. The van der Waals surface area contributed by atoms with E-state index in [0.29, 0.717) is 16.7 Å². The van der Waals surface area contributed by atoms with Crippen molar-refractivity contribution in [3.63, 3.8) is 0 Å². The van der Waals surface area contributed by atoms with E-state index >= 15 is 0 Å². The summed E-state index contributed by atoms with van der Waals surface area (Å²) in [5, 5.41) is 9.68. The second-order valence-electron chi connectivity index (χ2n) is 3.76. The largest absolute Gasteiger partial charge is 0.478 e. The summed E-state index contributed by atoms with van der Waals surface area (Å²) in [4.78, 5) is 21.9. The highest BCUT2D eigenvalue weighted by atomic mass is 35.5. The number of hydrogen-bond acceptors (Lipinski definition) is 3. The van der Waals surface area contributed by atoms with Crippen LogP contribution in [0.25, 0.3) is 11.0 Å². The molecule has 5 nitrogen and oxygen atoms in total. The van der Waals surface area contributed by atoms with Crippen molar-refractivity contribution in [3.8, 4) is 0 Å². The van der Waals surface area contributed by atoms with E-state index in [2.05, 4.69) is 15.0 Å². The fourth-order valence-electron chi connectivity index (χ4n) is 1.66. The summed E-state index contributed by atoms with van der Waals surface area (Å²) in [6.45, 7) is 3.88. The molecule has 2 heterocycles. The van der Waals surface area contributed by atoms with Gasteiger partial charge >= 0.3 is 5.97 Å². The van der Waals surface area contributed by atoms with Crippen LogP contribution >= 0.6 is 11.6 Å². The van der Waals surface area contributed by atoms with Crippen LogP contribution in [0.4, 0.5) is 0 Å². The first kappa shape index (κ1) is 10.9. The molecule has 0 fully saturated rings. The molecule has 2 rings (SSSR count). The molecule has 0 saturated carbocycles. The molecule has 2 N–H and O–H groups in total. The van der Waals surface area contributed by atoms with Crippen LogP contribution in [-0.2, 0) is 0 Å². The Hall–Kier alpha value is -1.62. The number of hydrogen-bond donors (Lipinski definition) is 2. The second kappa shape index (κ2) is 3.75. The van der Waals surface area contributed by atoms with Gasteiger partial charge in [-0.3, -0.25) is 0 Å². The number of aromatic nitrogens is 3. The van der Waals surface area contributed by atoms with Crippen molar-refractivity contribution in [1.29, 1.82) is 0 Å². The van der Waals surface area contributed by atoms with Gasteiger partial charge in [-0.05, 0) is 5.92 Å². The SMILES string of the molecule is CC(C)c1ncnc2[nH]c(Cl)c(C(=O)O)c12. The first-order valence-corrected chi connectivity index (χ1v) is 5.15. The monoisotopic (exact) mass is 239 g/mol. The highest BCUT2D eigenvalue weighted by Crippen LogP contribution is 2.29. The molecule has 0 aliphatic rings. The molecule has 0 spiro atoms. The van der Waals surface area contributed by atoms with Gasteiger partial charge in [0.2, 0.25) is 0 Å². The highest BCUT2D eigenvalue weighted by Gasteiger charge is 2.21. The summed E-state index contributed by atoms with van der Waals surface area (Å²) >= 11 is 5.84. The molecule has 16 heavy (non-hydrogen) atoms. The summed E-state index contributed by atoms with van der Waals surface area (Å²) in [6, 6.07) is 0. The van der Waals surface area contributed by atoms with Crippen molar-refractivity contribution in [3.05, 3.63) is 22.7 Å². The maximum atomic E-state index is 11.1. The minimum absolute atomic E-state index is 0.0426. The van der Waals surface area contributed by atoms with Crippen molar-refractivity contribution in [2.45, 2.75) is 19.8 Å². The smallest absolute Gasteiger partial charge is 0.339 e. The normalized spacial score (nSPS) is 11.2. The molecule has 84 valence electrons. The molecule has 0 bridgehead atoms. The van der Waals surface area contributed by atoms with Gasteiger partial charge in [0, 0.05) is 0 Å². The second-order valence-corrected chi connectivity index (χ2v) is 4.13. The van der Waals surface area contributed by atoms with Crippen molar-refractivity contribution in [2.24, 2.45) is 0 Å². The molecule has 0 aromatic carbocycles. The number of H-pyrrole nitrogens is 1. The average Bonchev–Trinajstić information content (AvgIpc) is 2.52. The van der Waals surface area contributed by atoms with Gasteiger partial charge < -0.3 is 10.1 Å². The zero-order valence-corrected chi connectivity index (χ0v) is 9.54. The predicted octanol–water partition coefficient (Wildman–Crippen LogP) is 2.43. The molecular formula is C10H10ClN3O2. The van der Waals surface area contributed by atoms with Crippen LogP contribution in [0.1, 0.15) is 35.8 Å². The molecule has 0 aliphatic heterocycles. The van der Waals surface area contributed by atoms with E-state index in [0.717, 1.165) is 0 Å². The van der Waals surface area contributed by atoms with Gasteiger partial charge in [-0.25, -0.2) is 14.8 Å². The fourth-order valence-corrected chi connectivity index (χ4v) is 1.92.